The summed E-state index contributed by atoms with van der Waals surface area (Å²) in [7, 11) is 0. The van der Waals surface area contributed by atoms with Crippen LogP contribution in [0, 0.1) is 10.1 Å². The van der Waals surface area contributed by atoms with Gasteiger partial charge in [0.15, 0.2) is 0 Å². The summed E-state index contributed by atoms with van der Waals surface area (Å²) in [5.74, 6) is 0.583. The summed E-state index contributed by atoms with van der Waals surface area (Å²) in [4.78, 5) is 14.7. The molecule has 0 unspecified atom stereocenters. The molecule has 3 aromatic rings. The van der Waals surface area contributed by atoms with Crippen LogP contribution in [-0.2, 0) is 6.61 Å². The molecule has 0 atom stereocenters. The summed E-state index contributed by atoms with van der Waals surface area (Å²) in [6, 6.07) is 16.0. The van der Waals surface area contributed by atoms with Gasteiger partial charge in [-0.25, -0.2) is 4.98 Å². The molecule has 0 saturated carbocycles. The molecule has 2 aromatic carbocycles. The first-order valence-electron chi connectivity index (χ1n) is 6.59. The summed E-state index contributed by atoms with van der Waals surface area (Å²) in [6.07, 6.45) is 0. The molecule has 0 bridgehead atoms. The number of ether oxygens (including phenoxy) is 1. The third-order valence-corrected chi connectivity index (χ3v) is 3.95. The Hall–Kier alpha value is -2.73. The summed E-state index contributed by atoms with van der Waals surface area (Å²) in [5.41, 5.74) is 1.96. The van der Waals surface area contributed by atoms with Crippen molar-refractivity contribution in [2.24, 2.45) is 0 Å². The molecular weight excluding hydrogens is 300 g/mol. The molecule has 0 fully saturated rings. The Morgan fingerprint density at radius 2 is 1.82 bits per heavy atom. The van der Waals surface area contributed by atoms with Gasteiger partial charge in [0.25, 0.3) is 5.69 Å². The minimum atomic E-state index is -0.434. The molecule has 0 saturated heterocycles. The van der Waals surface area contributed by atoms with Gasteiger partial charge >= 0.3 is 0 Å². The second-order valence-electron chi connectivity index (χ2n) is 4.55. The van der Waals surface area contributed by atoms with Crippen molar-refractivity contribution >= 4 is 17.0 Å². The third kappa shape index (κ3) is 3.29. The fourth-order valence-corrected chi connectivity index (χ4v) is 2.72. The first-order valence-corrected chi connectivity index (χ1v) is 7.47. The minimum Gasteiger partial charge on any atom is -0.487 e. The van der Waals surface area contributed by atoms with Gasteiger partial charge in [0.2, 0.25) is 0 Å². The molecule has 5 nitrogen and oxygen atoms in total. The van der Waals surface area contributed by atoms with Crippen LogP contribution >= 0.6 is 11.3 Å². The van der Waals surface area contributed by atoms with Crippen LogP contribution in [0.15, 0.2) is 60.0 Å². The van der Waals surface area contributed by atoms with Crippen molar-refractivity contribution < 1.29 is 9.66 Å². The Kier molecular flexibility index (Phi) is 4.11. The second-order valence-corrected chi connectivity index (χ2v) is 5.41. The van der Waals surface area contributed by atoms with Gasteiger partial charge in [-0.2, -0.15) is 0 Å². The molecule has 1 aromatic heterocycles. The first kappa shape index (κ1) is 14.2. The van der Waals surface area contributed by atoms with Crippen molar-refractivity contribution in [2.45, 2.75) is 6.61 Å². The third-order valence-electron chi connectivity index (χ3n) is 3.01. The maximum atomic E-state index is 10.6. The van der Waals surface area contributed by atoms with Gasteiger partial charge in [0, 0.05) is 23.1 Å². The molecule has 0 amide bonds. The number of nitrogens with zero attached hydrogens (tertiary/aromatic N) is 2. The summed E-state index contributed by atoms with van der Waals surface area (Å²) >= 11 is 1.56. The lowest BCUT2D eigenvalue weighted by Gasteiger charge is -2.03. The molecule has 0 aliphatic rings. The Morgan fingerprint density at radius 1 is 1.09 bits per heavy atom. The minimum absolute atomic E-state index is 0.0485. The van der Waals surface area contributed by atoms with Gasteiger partial charge < -0.3 is 4.74 Å². The highest BCUT2D eigenvalue weighted by molar-refractivity contribution is 7.13. The fourth-order valence-electron chi connectivity index (χ4n) is 1.91. The van der Waals surface area contributed by atoms with E-state index in [2.05, 4.69) is 4.98 Å². The largest absolute Gasteiger partial charge is 0.487 e. The monoisotopic (exact) mass is 312 g/mol. The topological polar surface area (TPSA) is 65.3 Å². The van der Waals surface area contributed by atoms with Crippen LogP contribution in [0.25, 0.3) is 10.6 Å². The van der Waals surface area contributed by atoms with Crippen LogP contribution in [0.1, 0.15) is 5.69 Å². The average Bonchev–Trinajstić information content (AvgIpc) is 3.03. The number of thiazole rings is 1. The number of nitro groups is 1. The smallest absolute Gasteiger partial charge is 0.269 e. The molecule has 0 radical (unpaired) electrons. The van der Waals surface area contributed by atoms with Crippen molar-refractivity contribution in [2.75, 3.05) is 0 Å². The number of aromatic nitrogens is 1. The maximum Gasteiger partial charge on any atom is 0.269 e. The van der Waals surface area contributed by atoms with Crippen molar-refractivity contribution in [1.29, 1.82) is 0 Å². The van der Waals surface area contributed by atoms with Crippen LogP contribution in [-0.4, -0.2) is 9.91 Å². The molecule has 110 valence electrons. The molecule has 0 aliphatic heterocycles. The maximum absolute atomic E-state index is 10.6. The van der Waals surface area contributed by atoms with Crippen LogP contribution in [0.4, 0.5) is 5.69 Å². The predicted octanol–water partition coefficient (Wildman–Crippen LogP) is 4.30. The van der Waals surface area contributed by atoms with E-state index in [4.69, 9.17) is 4.74 Å². The molecule has 0 aliphatic carbocycles. The quantitative estimate of drug-likeness (QED) is 0.520. The number of rotatable bonds is 5. The lowest BCUT2D eigenvalue weighted by molar-refractivity contribution is -0.384. The standard InChI is InChI=1S/C16H12N2O3S/c19-18(20)14-6-8-15(9-7-14)21-10-13-11-22-16(17-13)12-4-2-1-3-5-12/h1-9,11H,10H2. The zero-order valence-electron chi connectivity index (χ0n) is 11.5. The highest BCUT2D eigenvalue weighted by atomic mass is 32.1. The van der Waals surface area contributed by atoms with Gasteiger partial charge in [-0.05, 0) is 12.1 Å². The number of non-ortho nitro benzene ring substituents is 1. The normalized spacial score (nSPS) is 10.4. The van der Waals surface area contributed by atoms with Crippen LogP contribution < -0.4 is 4.74 Å². The lowest BCUT2D eigenvalue weighted by Crippen LogP contribution is -1.96. The molecule has 1 heterocycles. The van der Waals surface area contributed by atoms with Gasteiger partial charge in [0.1, 0.15) is 17.4 Å². The number of hydrogen-bond donors (Lipinski definition) is 0. The molecule has 0 spiro atoms. The first-order chi connectivity index (χ1) is 10.7. The molecule has 3 rings (SSSR count). The average molecular weight is 312 g/mol. The van der Waals surface area contributed by atoms with Gasteiger partial charge in [-0.1, -0.05) is 30.3 Å². The highest BCUT2D eigenvalue weighted by Gasteiger charge is 2.07. The highest BCUT2D eigenvalue weighted by Crippen LogP contribution is 2.24. The molecule has 6 heteroatoms. The van der Waals surface area contributed by atoms with E-state index >= 15 is 0 Å². The van der Waals surface area contributed by atoms with Crippen LogP contribution in [0.3, 0.4) is 0 Å². The molecule has 22 heavy (non-hydrogen) atoms. The fraction of sp³-hybridized carbons (Fsp3) is 0.0625. The Balaban J connectivity index is 1.65. The van der Waals surface area contributed by atoms with Gasteiger partial charge in [-0.3, -0.25) is 10.1 Å². The predicted molar refractivity (Wildman–Crippen MR) is 85.0 cm³/mol. The van der Waals surface area contributed by atoms with Crippen molar-refractivity contribution in [3.8, 4) is 16.3 Å². The van der Waals surface area contributed by atoms with Gasteiger partial charge in [-0.15, -0.1) is 11.3 Å². The zero-order valence-corrected chi connectivity index (χ0v) is 12.3. The Morgan fingerprint density at radius 3 is 2.50 bits per heavy atom. The lowest BCUT2D eigenvalue weighted by atomic mass is 10.2. The van der Waals surface area contributed by atoms with E-state index in [1.165, 1.54) is 12.1 Å². The SMILES string of the molecule is O=[N+]([O-])c1ccc(OCc2csc(-c3ccccc3)n2)cc1. The van der Waals surface area contributed by atoms with Crippen molar-refractivity contribution in [3.05, 3.63) is 75.8 Å². The van der Waals surface area contributed by atoms with Crippen LogP contribution in [0.5, 0.6) is 5.75 Å². The van der Waals surface area contributed by atoms with E-state index in [-0.39, 0.29) is 5.69 Å². The van der Waals surface area contributed by atoms with Crippen LogP contribution in [0.2, 0.25) is 0 Å². The van der Waals surface area contributed by atoms with E-state index in [1.54, 1.807) is 23.5 Å². The summed E-state index contributed by atoms with van der Waals surface area (Å²) in [5, 5.41) is 13.5. The van der Waals surface area contributed by atoms with Crippen molar-refractivity contribution in [3.63, 3.8) is 0 Å². The van der Waals surface area contributed by atoms with E-state index in [1.807, 2.05) is 35.7 Å². The molecule has 0 N–H and O–H groups in total. The van der Waals surface area contributed by atoms with E-state index in [9.17, 15) is 10.1 Å². The van der Waals surface area contributed by atoms with Crippen molar-refractivity contribution in [1.82, 2.24) is 4.98 Å². The van der Waals surface area contributed by atoms with E-state index in [0.29, 0.717) is 12.4 Å². The zero-order chi connectivity index (χ0) is 15.4. The van der Waals surface area contributed by atoms with Gasteiger partial charge in [0.05, 0.1) is 10.6 Å². The number of benzene rings is 2. The summed E-state index contributed by atoms with van der Waals surface area (Å²) in [6.45, 7) is 0.334. The number of hydrogen-bond acceptors (Lipinski definition) is 5. The Labute approximate surface area is 131 Å². The summed E-state index contributed by atoms with van der Waals surface area (Å²) < 4.78 is 5.60. The molecular formula is C16H12N2O3S. The second kappa shape index (κ2) is 6.36. The Bertz CT molecular complexity index is 770. The van der Waals surface area contributed by atoms with E-state index in [0.717, 1.165) is 16.3 Å². The number of nitro benzene ring substituents is 1. The van der Waals surface area contributed by atoms with E-state index < -0.39 is 4.92 Å².